The molecule has 0 atom stereocenters. The summed E-state index contributed by atoms with van der Waals surface area (Å²) in [5.74, 6) is -0.220. The lowest BCUT2D eigenvalue weighted by molar-refractivity contribution is 0.100. The van der Waals surface area contributed by atoms with Crippen molar-refractivity contribution in [2.45, 2.75) is 31.8 Å². The third kappa shape index (κ3) is 4.90. The molecule has 1 saturated heterocycles. The highest BCUT2D eigenvalue weighted by atomic mass is 19.1. The first kappa shape index (κ1) is 19.0. The lowest BCUT2D eigenvalue weighted by Crippen LogP contribution is -2.44. The minimum absolute atomic E-state index is 0.220. The number of likely N-dealkylation sites (tertiary alicyclic amines) is 1. The number of methoxy groups -OCH3 is 1. The zero-order valence-electron chi connectivity index (χ0n) is 15.7. The predicted molar refractivity (Wildman–Crippen MR) is 101 cm³/mol. The third-order valence-corrected chi connectivity index (χ3v) is 5.22. The Morgan fingerprint density at radius 3 is 2.69 bits per heavy atom. The number of halogens is 1. The first-order valence-electron chi connectivity index (χ1n) is 9.37. The summed E-state index contributed by atoms with van der Waals surface area (Å²) in [5, 5.41) is 7.34. The Hall–Kier alpha value is -1.76. The number of piperidine rings is 1. The molecule has 1 aliphatic heterocycles. The molecular weight excluding hydrogens is 331 g/mol. The molecule has 0 unspecified atom stereocenters. The average Bonchev–Trinajstić information content (AvgIpc) is 3.11. The van der Waals surface area contributed by atoms with Crippen LogP contribution in [0, 0.1) is 5.82 Å². The molecular formula is C20H29FN4O. The van der Waals surface area contributed by atoms with Gasteiger partial charge in [0.1, 0.15) is 5.82 Å². The van der Waals surface area contributed by atoms with Crippen molar-refractivity contribution in [3.63, 3.8) is 0 Å². The van der Waals surface area contributed by atoms with Crippen LogP contribution in [0.15, 0.2) is 30.5 Å². The summed E-state index contributed by atoms with van der Waals surface area (Å²) in [6.45, 7) is 4.92. The summed E-state index contributed by atoms with van der Waals surface area (Å²) in [6, 6.07) is 7.17. The SMILES string of the molecule is COCCCN(Cc1cn[nH]c1-c1ccc(F)cc1)C1CCN(C)CC1. The Bertz CT molecular complexity index is 665. The third-order valence-electron chi connectivity index (χ3n) is 5.22. The summed E-state index contributed by atoms with van der Waals surface area (Å²) in [5.41, 5.74) is 3.11. The number of rotatable bonds is 8. The number of nitrogens with zero attached hydrogens (tertiary/aromatic N) is 3. The number of aromatic amines is 1. The van der Waals surface area contributed by atoms with Gasteiger partial charge < -0.3 is 9.64 Å². The van der Waals surface area contributed by atoms with E-state index in [9.17, 15) is 4.39 Å². The van der Waals surface area contributed by atoms with Crippen LogP contribution in [0.3, 0.4) is 0 Å². The van der Waals surface area contributed by atoms with Crippen molar-refractivity contribution in [2.24, 2.45) is 0 Å². The van der Waals surface area contributed by atoms with Crippen molar-refractivity contribution in [3.8, 4) is 11.3 Å². The van der Waals surface area contributed by atoms with Crippen molar-refractivity contribution in [1.29, 1.82) is 0 Å². The van der Waals surface area contributed by atoms with E-state index in [0.29, 0.717) is 6.04 Å². The molecule has 0 bridgehead atoms. The average molecular weight is 360 g/mol. The molecule has 5 nitrogen and oxygen atoms in total. The van der Waals surface area contributed by atoms with Crippen molar-refractivity contribution in [1.82, 2.24) is 20.0 Å². The Balaban J connectivity index is 1.74. The van der Waals surface area contributed by atoms with Gasteiger partial charge in [0.05, 0.1) is 11.9 Å². The van der Waals surface area contributed by atoms with Crippen LogP contribution >= 0.6 is 0 Å². The number of aromatic nitrogens is 2. The highest BCUT2D eigenvalue weighted by molar-refractivity contribution is 5.62. The molecule has 0 radical (unpaired) electrons. The van der Waals surface area contributed by atoms with Gasteiger partial charge in [-0.1, -0.05) is 0 Å². The molecule has 1 aromatic heterocycles. The summed E-state index contributed by atoms with van der Waals surface area (Å²) >= 11 is 0. The van der Waals surface area contributed by atoms with Crippen molar-refractivity contribution in [3.05, 3.63) is 41.8 Å². The number of hydrogen-bond acceptors (Lipinski definition) is 4. The predicted octanol–water partition coefficient (Wildman–Crippen LogP) is 3.15. The molecule has 3 rings (SSSR count). The van der Waals surface area contributed by atoms with Crippen LogP contribution in [0.5, 0.6) is 0 Å². The molecule has 6 heteroatoms. The topological polar surface area (TPSA) is 44.4 Å². The number of hydrogen-bond donors (Lipinski definition) is 1. The Morgan fingerprint density at radius 1 is 1.27 bits per heavy atom. The van der Waals surface area contributed by atoms with Crippen LogP contribution in [0.2, 0.25) is 0 Å². The largest absolute Gasteiger partial charge is 0.385 e. The maximum atomic E-state index is 13.2. The second-order valence-electron chi connectivity index (χ2n) is 7.13. The second-order valence-corrected chi connectivity index (χ2v) is 7.13. The van der Waals surface area contributed by atoms with Crippen LogP contribution in [-0.4, -0.2) is 66.4 Å². The van der Waals surface area contributed by atoms with Gasteiger partial charge in [-0.3, -0.25) is 10.00 Å². The van der Waals surface area contributed by atoms with E-state index in [-0.39, 0.29) is 5.82 Å². The van der Waals surface area contributed by atoms with Gasteiger partial charge >= 0.3 is 0 Å². The van der Waals surface area contributed by atoms with Crippen LogP contribution in [0.1, 0.15) is 24.8 Å². The smallest absolute Gasteiger partial charge is 0.123 e. The van der Waals surface area contributed by atoms with Gasteiger partial charge in [-0.2, -0.15) is 5.10 Å². The minimum atomic E-state index is -0.220. The summed E-state index contributed by atoms with van der Waals surface area (Å²) in [6.07, 6.45) is 5.30. The molecule has 142 valence electrons. The number of ether oxygens (including phenoxy) is 1. The molecule has 0 aliphatic carbocycles. The molecule has 26 heavy (non-hydrogen) atoms. The van der Waals surface area contributed by atoms with Crippen molar-refractivity contribution < 1.29 is 9.13 Å². The number of benzene rings is 1. The van der Waals surface area contributed by atoms with Gasteiger partial charge in [-0.15, -0.1) is 0 Å². The Kier molecular flexibility index (Phi) is 6.77. The van der Waals surface area contributed by atoms with Gasteiger partial charge in [0.2, 0.25) is 0 Å². The summed E-state index contributed by atoms with van der Waals surface area (Å²) < 4.78 is 18.5. The second kappa shape index (κ2) is 9.26. The van der Waals surface area contributed by atoms with Crippen LogP contribution in [0.25, 0.3) is 11.3 Å². The van der Waals surface area contributed by atoms with Gasteiger partial charge in [0.15, 0.2) is 0 Å². The fourth-order valence-corrected chi connectivity index (χ4v) is 3.68. The molecule has 1 aromatic carbocycles. The van der Waals surface area contributed by atoms with E-state index in [1.807, 2.05) is 6.20 Å². The first-order chi connectivity index (χ1) is 12.7. The van der Waals surface area contributed by atoms with E-state index in [4.69, 9.17) is 4.74 Å². The fourth-order valence-electron chi connectivity index (χ4n) is 3.68. The molecule has 1 fully saturated rings. The monoisotopic (exact) mass is 360 g/mol. The molecule has 2 heterocycles. The number of H-pyrrole nitrogens is 1. The minimum Gasteiger partial charge on any atom is -0.385 e. The van der Waals surface area contributed by atoms with E-state index < -0.39 is 0 Å². The lowest BCUT2D eigenvalue weighted by Gasteiger charge is -2.37. The maximum absolute atomic E-state index is 13.2. The van der Waals surface area contributed by atoms with Gasteiger partial charge in [-0.05, 0) is 63.7 Å². The van der Waals surface area contributed by atoms with Gasteiger partial charge in [0, 0.05) is 44.0 Å². The fraction of sp³-hybridized carbons (Fsp3) is 0.550. The van der Waals surface area contributed by atoms with Gasteiger partial charge in [-0.25, -0.2) is 4.39 Å². The molecule has 0 amide bonds. The zero-order valence-corrected chi connectivity index (χ0v) is 15.7. The highest BCUT2D eigenvalue weighted by Crippen LogP contribution is 2.25. The molecule has 1 N–H and O–H groups in total. The van der Waals surface area contributed by atoms with E-state index in [1.165, 1.54) is 25.0 Å². The molecule has 0 saturated carbocycles. The van der Waals surface area contributed by atoms with E-state index in [1.54, 1.807) is 19.2 Å². The number of nitrogens with one attached hydrogen (secondary N) is 1. The van der Waals surface area contributed by atoms with E-state index in [0.717, 1.165) is 56.0 Å². The van der Waals surface area contributed by atoms with Crippen molar-refractivity contribution in [2.75, 3.05) is 40.4 Å². The standard InChI is InChI=1S/C20H29FN4O/c1-24-11-8-19(9-12-24)25(10-3-13-26-2)15-17-14-22-23-20(17)16-4-6-18(21)7-5-16/h4-7,14,19H,3,8-13,15H2,1-2H3,(H,22,23). The first-order valence-corrected chi connectivity index (χ1v) is 9.37. The van der Waals surface area contributed by atoms with E-state index in [2.05, 4.69) is 27.0 Å². The summed E-state index contributed by atoms with van der Waals surface area (Å²) in [7, 11) is 3.94. The molecule has 1 aliphatic rings. The lowest BCUT2D eigenvalue weighted by atomic mass is 10.0. The summed E-state index contributed by atoms with van der Waals surface area (Å²) in [4.78, 5) is 4.95. The van der Waals surface area contributed by atoms with Crippen molar-refractivity contribution >= 4 is 0 Å². The molecule has 2 aromatic rings. The van der Waals surface area contributed by atoms with Crippen LogP contribution < -0.4 is 0 Å². The van der Waals surface area contributed by atoms with Crippen LogP contribution in [-0.2, 0) is 11.3 Å². The van der Waals surface area contributed by atoms with Crippen LogP contribution in [0.4, 0.5) is 4.39 Å². The normalized spacial score (nSPS) is 16.5. The zero-order chi connectivity index (χ0) is 18.4. The Labute approximate surface area is 155 Å². The van der Waals surface area contributed by atoms with E-state index >= 15 is 0 Å². The quantitative estimate of drug-likeness (QED) is 0.735. The highest BCUT2D eigenvalue weighted by Gasteiger charge is 2.24. The molecule has 0 spiro atoms. The Morgan fingerprint density at radius 2 is 2.00 bits per heavy atom. The van der Waals surface area contributed by atoms with Gasteiger partial charge in [0.25, 0.3) is 0 Å². The maximum Gasteiger partial charge on any atom is 0.123 e.